The molecular formula is C18H21ClN2O3. The van der Waals surface area contributed by atoms with Crippen LogP contribution in [0.2, 0.25) is 5.02 Å². The Kier molecular flexibility index (Phi) is 5.74. The molecule has 0 bridgehead atoms. The van der Waals surface area contributed by atoms with Crippen LogP contribution < -0.4 is 10.6 Å². The summed E-state index contributed by atoms with van der Waals surface area (Å²) in [5.74, 6) is 5.00. The first kappa shape index (κ1) is 18.2. The summed E-state index contributed by atoms with van der Waals surface area (Å²) in [6, 6.07) is 7.01. The fraction of sp³-hybridized carbons (Fsp3) is 0.444. The summed E-state index contributed by atoms with van der Waals surface area (Å²) < 4.78 is 5.19. The Labute approximate surface area is 147 Å². The van der Waals surface area contributed by atoms with Crippen LogP contribution in [-0.4, -0.2) is 29.7 Å². The Morgan fingerprint density at radius 3 is 2.29 bits per heavy atom. The molecule has 2 rings (SSSR count). The van der Waals surface area contributed by atoms with Gasteiger partial charge in [0.15, 0.2) is 0 Å². The fourth-order valence-corrected chi connectivity index (χ4v) is 2.34. The third-order valence-electron chi connectivity index (χ3n) is 3.36. The number of amides is 2. The Morgan fingerprint density at radius 2 is 1.71 bits per heavy atom. The van der Waals surface area contributed by atoms with Crippen molar-refractivity contribution in [3.8, 4) is 11.8 Å². The topological polar surface area (TPSA) is 67.4 Å². The first-order chi connectivity index (χ1) is 11.2. The summed E-state index contributed by atoms with van der Waals surface area (Å²) in [5.41, 5.74) is 0.214. The number of hydrogen-bond acceptors (Lipinski definition) is 3. The molecule has 0 radical (unpaired) electrons. The quantitative estimate of drug-likeness (QED) is 0.807. The fourth-order valence-electron chi connectivity index (χ4n) is 2.21. The maximum Gasteiger partial charge on any atom is 0.407 e. The van der Waals surface area contributed by atoms with Crippen LogP contribution in [0.4, 0.5) is 4.79 Å². The second-order valence-electron chi connectivity index (χ2n) is 6.74. The highest BCUT2D eigenvalue weighted by atomic mass is 35.5. The molecule has 0 atom stereocenters. The minimum absolute atomic E-state index is 0.0226. The van der Waals surface area contributed by atoms with Gasteiger partial charge in [0.25, 0.3) is 5.91 Å². The molecule has 24 heavy (non-hydrogen) atoms. The molecule has 1 aliphatic carbocycles. The van der Waals surface area contributed by atoms with E-state index in [0.717, 1.165) is 5.56 Å². The molecular weight excluding hydrogens is 328 g/mol. The van der Waals surface area contributed by atoms with Crippen molar-refractivity contribution >= 4 is 23.6 Å². The van der Waals surface area contributed by atoms with Crippen molar-refractivity contribution in [2.45, 2.75) is 51.3 Å². The van der Waals surface area contributed by atoms with E-state index in [1.54, 1.807) is 24.3 Å². The molecule has 1 aromatic rings. The van der Waals surface area contributed by atoms with Gasteiger partial charge < -0.3 is 15.4 Å². The van der Waals surface area contributed by atoms with E-state index in [1.165, 1.54) is 0 Å². The first-order valence-electron chi connectivity index (χ1n) is 7.79. The third-order valence-corrected chi connectivity index (χ3v) is 3.61. The molecule has 1 saturated carbocycles. The van der Waals surface area contributed by atoms with Gasteiger partial charge in [-0.05, 0) is 57.9 Å². The maximum atomic E-state index is 11.8. The second-order valence-corrected chi connectivity index (χ2v) is 7.18. The highest BCUT2D eigenvalue weighted by Crippen LogP contribution is 2.20. The van der Waals surface area contributed by atoms with Gasteiger partial charge in [-0.3, -0.25) is 4.79 Å². The van der Waals surface area contributed by atoms with Crippen LogP contribution in [0.5, 0.6) is 0 Å². The maximum absolute atomic E-state index is 11.8. The zero-order valence-corrected chi connectivity index (χ0v) is 14.7. The van der Waals surface area contributed by atoms with Crippen LogP contribution in [0, 0.1) is 11.8 Å². The van der Waals surface area contributed by atoms with Crippen LogP contribution in [0.1, 0.15) is 39.2 Å². The van der Waals surface area contributed by atoms with E-state index in [4.69, 9.17) is 16.3 Å². The molecule has 1 aromatic carbocycles. The molecule has 6 heteroatoms. The van der Waals surface area contributed by atoms with E-state index in [9.17, 15) is 9.59 Å². The zero-order valence-electron chi connectivity index (χ0n) is 14.0. The van der Waals surface area contributed by atoms with Crippen LogP contribution >= 0.6 is 11.6 Å². The lowest BCUT2D eigenvalue weighted by Crippen LogP contribution is -2.54. The summed E-state index contributed by atoms with van der Waals surface area (Å²) >= 11 is 5.79. The number of ether oxygens (including phenoxy) is 1. The number of hydrogen-bond donors (Lipinski definition) is 2. The van der Waals surface area contributed by atoms with Gasteiger partial charge in [-0.15, -0.1) is 0 Å². The number of carbonyl (C=O) groups is 2. The van der Waals surface area contributed by atoms with Crippen LogP contribution in [-0.2, 0) is 9.53 Å². The van der Waals surface area contributed by atoms with E-state index in [1.807, 2.05) is 20.8 Å². The SMILES string of the molecule is CC(C)(C)OC(=O)NC1CC(NC(=O)C#Cc2ccc(Cl)cc2)C1. The number of nitrogens with one attached hydrogen (secondary N) is 2. The van der Waals surface area contributed by atoms with E-state index in [2.05, 4.69) is 22.5 Å². The Balaban J connectivity index is 1.71. The number of alkyl carbamates (subject to hydrolysis) is 1. The monoisotopic (exact) mass is 348 g/mol. The van der Waals surface area contributed by atoms with E-state index in [-0.39, 0.29) is 18.0 Å². The molecule has 0 aliphatic heterocycles. The highest BCUT2D eigenvalue weighted by molar-refractivity contribution is 6.30. The smallest absolute Gasteiger partial charge is 0.407 e. The van der Waals surface area contributed by atoms with Gasteiger partial charge >= 0.3 is 6.09 Å². The molecule has 0 spiro atoms. The number of benzene rings is 1. The molecule has 1 fully saturated rings. The molecule has 2 N–H and O–H groups in total. The average Bonchev–Trinajstić information content (AvgIpc) is 2.42. The molecule has 0 unspecified atom stereocenters. The molecule has 0 heterocycles. The zero-order chi connectivity index (χ0) is 17.7. The number of rotatable bonds is 2. The number of halogens is 1. The minimum Gasteiger partial charge on any atom is -0.444 e. The predicted molar refractivity (Wildman–Crippen MR) is 92.7 cm³/mol. The third kappa shape index (κ3) is 6.13. The summed E-state index contributed by atoms with van der Waals surface area (Å²) in [6.07, 6.45) is 0.918. The molecule has 0 saturated heterocycles. The van der Waals surface area contributed by atoms with Crippen molar-refractivity contribution in [3.63, 3.8) is 0 Å². The normalized spacial score (nSPS) is 19.3. The van der Waals surface area contributed by atoms with Gasteiger partial charge in [0.2, 0.25) is 0 Å². The van der Waals surface area contributed by atoms with Gasteiger partial charge in [-0.1, -0.05) is 17.5 Å². The van der Waals surface area contributed by atoms with Crippen LogP contribution in [0.3, 0.4) is 0 Å². The van der Waals surface area contributed by atoms with Crippen molar-refractivity contribution < 1.29 is 14.3 Å². The summed E-state index contributed by atoms with van der Waals surface area (Å²) in [7, 11) is 0. The van der Waals surface area contributed by atoms with Crippen molar-refractivity contribution in [2.24, 2.45) is 0 Å². The van der Waals surface area contributed by atoms with Gasteiger partial charge in [0.1, 0.15) is 5.60 Å². The summed E-state index contributed by atoms with van der Waals surface area (Å²) in [6.45, 7) is 5.45. The number of carbonyl (C=O) groups excluding carboxylic acids is 2. The average molecular weight is 349 g/mol. The lowest BCUT2D eigenvalue weighted by atomic mass is 9.87. The van der Waals surface area contributed by atoms with Gasteiger partial charge in [-0.2, -0.15) is 0 Å². The van der Waals surface area contributed by atoms with Gasteiger partial charge in [0.05, 0.1) is 0 Å². The van der Waals surface area contributed by atoms with Gasteiger partial charge in [-0.25, -0.2) is 4.79 Å². The van der Waals surface area contributed by atoms with Gasteiger partial charge in [0, 0.05) is 28.6 Å². The van der Waals surface area contributed by atoms with E-state index < -0.39 is 11.7 Å². The lowest BCUT2D eigenvalue weighted by molar-refractivity contribution is -0.116. The molecule has 5 nitrogen and oxygen atoms in total. The van der Waals surface area contributed by atoms with E-state index in [0.29, 0.717) is 17.9 Å². The van der Waals surface area contributed by atoms with Crippen LogP contribution in [0.15, 0.2) is 24.3 Å². The van der Waals surface area contributed by atoms with Crippen molar-refractivity contribution in [1.29, 1.82) is 0 Å². The molecule has 128 valence electrons. The standard InChI is InChI=1S/C18H21ClN2O3/c1-18(2,3)24-17(23)21-15-10-14(11-15)20-16(22)9-6-12-4-7-13(19)8-5-12/h4-5,7-8,14-15H,10-11H2,1-3H3,(H,20,22)(H,21,23). The largest absolute Gasteiger partial charge is 0.444 e. The highest BCUT2D eigenvalue weighted by Gasteiger charge is 2.32. The first-order valence-corrected chi connectivity index (χ1v) is 8.17. The Morgan fingerprint density at radius 1 is 1.12 bits per heavy atom. The van der Waals surface area contributed by atoms with Crippen molar-refractivity contribution in [3.05, 3.63) is 34.9 Å². The molecule has 1 aliphatic rings. The Hall–Kier alpha value is -2.19. The molecule has 2 amide bonds. The Bertz CT molecular complexity index is 662. The van der Waals surface area contributed by atoms with Crippen LogP contribution in [0.25, 0.3) is 0 Å². The second kappa shape index (κ2) is 7.59. The van der Waals surface area contributed by atoms with Crippen molar-refractivity contribution in [2.75, 3.05) is 0 Å². The lowest BCUT2D eigenvalue weighted by Gasteiger charge is -2.36. The van der Waals surface area contributed by atoms with E-state index >= 15 is 0 Å². The summed E-state index contributed by atoms with van der Waals surface area (Å²) in [4.78, 5) is 23.4. The predicted octanol–water partition coefficient (Wildman–Crippen LogP) is 2.86. The van der Waals surface area contributed by atoms with Crippen molar-refractivity contribution in [1.82, 2.24) is 10.6 Å². The summed E-state index contributed by atoms with van der Waals surface area (Å²) in [5, 5.41) is 6.22. The minimum atomic E-state index is -0.515. The molecule has 0 aromatic heterocycles.